The van der Waals surface area contributed by atoms with Crippen molar-refractivity contribution in [2.45, 2.75) is 38.0 Å². The molecular weight excluding hydrogens is 272 g/mol. The normalized spacial score (nSPS) is 15.5. The van der Waals surface area contributed by atoms with E-state index in [0.29, 0.717) is 5.92 Å². The monoisotopic (exact) mass is 294 g/mol. The van der Waals surface area contributed by atoms with E-state index < -0.39 is 6.03 Å². The number of nitrogens with two attached hydrogens (primary N) is 1. The second-order valence-electron chi connectivity index (χ2n) is 5.99. The summed E-state index contributed by atoms with van der Waals surface area (Å²) < 4.78 is 0. The Balaban J connectivity index is 2.02. The number of nitrogens with one attached hydrogen (secondary N) is 1. The Morgan fingerprint density at radius 2 is 1.73 bits per heavy atom. The number of hydrogen-bond donors (Lipinski definition) is 2. The van der Waals surface area contributed by atoms with E-state index in [1.165, 1.54) is 48.8 Å². The maximum absolute atomic E-state index is 11.1. The predicted octanol–water partition coefficient (Wildman–Crippen LogP) is 4.89. The van der Waals surface area contributed by atoms with E-state index in [1.807, 2.05) is 12.1 Å². The molecule has 0 atom stereocenters. The molecule has 1 fully saturated rings. The van der Waals surface area contributed by atoms with Crippen LogP contribution < -0.4 is 11.1 Å². The molecule has 0 spiro atoms. The van der Waals surface area contributed by atoms with Crippen molar-refractivity contribution in [2.75, 3.05) is 5.32 Å². The maximum atomic E-state index is 11.1. The summed E-state index contributed by atoms with van der Waals surface area (Å²) in [6, 6.07) is 16.1. The second-order valence-corrected chi connectivity index (χ2v) is 5.99. The summed E-state index contributed by atoms with van der Waals surface area (Å²) >= 11 is 0. The van der Waals surface area contributed by atoms with Gasteiger partial charge < -0.3 is 11.1 Å². The highest BCUT2D eigenvalue weighted by atomic mass is 16.2. The second kappa shape index (κ2) is 6.65. The van der Waals surface area contributed by atoms with Crippen LogP contribution in [0.1, 0.15) is 43.6 Å². The number of amides is 2. The van der Waals surface area contributed by atoms with Crippen LogP contribution in [0.15, 0.2) is 48.5 Å². The van der Waals surface area contributed by atoms with Crippen molar-refractivity contribution in [1.29, 1.82) is 0 Å². The highest BCUT2D eigenvalue weighted by molar-refractivity contribution is 5.88. The molecule has 114 valence electrons. The van der Waals surface area contributed by atoms with Crippen LogP contribution in [-0.2, 0) is 0 Å². The molecule has 2 amide bonds. The lowest BCUT2D eigenvalue weighted by molar-refractivity contribution is 0.259. The van der Waals surface area contributed by atoms with E-state index in [1.54, 1.807) is 0 Å². The van der Waals surface area contributed by atoms with Gasteiger partial charge in [-0.25, -0.2) is 4.79 Å². The van der Waals surface area contributed by atoms with Gasteiger partial charge in [0.05, 0.1) is 0 Å². The van der Waals surface area contributed by atoms with Crippen LogP contribution in [0, 0.1) is 0 Å². The van der Waals surface area contributed by atoms with Crippen molar-refractivity contribution < 1.29 is 4.79 Å². The van der Waals surface area contributed by atoms with Gasteiger partial charge in [0.25, 0.3) is 0 Å². The number of urea groups is 1. The van der Waals surface area contributed by atoms with Crippen LogP contribution in [0.25, 0.3) is 11.1 Å². The molecule has 0 heterocycles. The van der Waals surface area contributed by atoms with Gasteiger partial charge >= 0.3 is 6.03 Å². The molecule has 1 saturated carbocycles. The fourth-order valence-corrected chi connectivity index (χ4v) is 3.41. The summed E-state index contributed by atoms with van der Waals surface area (Å²) in [6.45, 7) is 0. The van der Waals surface area contributed by atoms with Crippen molar-refractivity contribution in [3.05, 3.63) is 54.1 Å². The van der Waals surface area contributed by atoms with Crippen LogP contribution in [0.3, 0.4) is 0 Å². The zero-order valence-corrected chi connectivity index (χ0v) is 12.7. The fraction of sp³-hybridized carbons (Fsp3) is 0.316. The average Bonchev–Trinajstić information content (AvgIpc) is 2.56. The number of anilines is 1. The third-order valence-electron chi connectivity index (χ3n) is 4.45. The average molecular weight is 294 g/mol. The predicted molar refractivity (Wildman–Crippen MR) is 90.9 cm³/mol. The summed E-state index contributed by atoms with van der Waals surface area (Å²) in [7, 11) is 0. The third-order valence-corrected chi connectivity index (χ3v) is 4.45. The van der Waals surface area contributed by atoms with Crippen LogP contribution in [-0.4, -0.2) is 6.03 Å². The fourth-order valence-electron chi connectivity index (χ4n) is 3.41. The first-order valence-electron chi connectivity index (χ1n) is 8.00. The van der Waals surface area contributed by atoms with Gasteiger partial charge in [-0.15, -0.1) is 0 Å². The highest BCUT2D eigenvalue weighted by Gasteiger charge is 2.19. The van der Waals surface area contributed by atoms with Crippen molar-refractivity contribution in [1.82, 2.24) is 0 Å². The number of hydrogen-bond acceptors (Lipinski definition) is 1. The molecule has 0 radical (unpaired) electrons. The number of carbonyl (C=O) groups excluding carboxylic acids is 1. The number of benzene rings is 2. The van der Waals surface area contributed by atoms with Crippen molar-refractivity contribution in [2.24, 2.45) is 5.73 Å². The van der Waals surface area contributed by atoms with E-state index in [2.05, 4.69) is 41.7 Å². The van der Waals surface area contributed by atoms with Crippen LogP contribution in [0.2, 0.25) is 0 Å². The highest BCUT2D eigenvalue weighted by Crippen LogP contribution is 2.39. The molecule has 0 saturated heterocycles. The van der Waals surface area contributed by atoms with Crippen molar-refractivity contribution in [3.63, 3.8) is 0 Å². The maximum Gasteiger partial charge on any atom is 0.316 e. The Morgan fingerprint density at radius 3 is 2.41 bits per heavy atom. The Hall–Kier alpha value is -2.29. The Bertz CT molecular complexity index is 646. The summed E-state index contributed by atoms with van der Waals surface area (Å²) in [6.07, 6.45) is 6.34. The first-order valence-corrected chi connectivity index (χ1v) is 8.00. The Morgan fingerprint density at radius 1 is 1.00 bits per heavy atom. The largest absolute Gasteiger partial charge is 0.351 e. The summed E-state index contributed by atoms with van der Waals surface area (Å²) in [4.78, 5) is 11.1. The number of rotatable bonds is 3. The van der Waals surface area contributed by atoms with Crippen LogP contribution in [0.4, 0.5) is 10.5 Å². The lowest BCUT2D eigenvalue weighted by atomic mass is 9.80. The molecule has 2 aromatic rings. The molecule has 1 aliphatic carbocycles. The topological polar surface area (TPSA) is 55.1 Å². The van der Waals surface area contributed by atoms with Crippen LogP contribution in [0.5, 0.6) is 0 Å². The molecule has 3 N–H and O–H groups in total. The zero-order chi connectivity index (χ0) is 15.4. The van der Waals surface area contributed by atoms with Gasteiger partial charge in [-0.3, -0.25) is 0 Å². The van der Waals surface area contributed by atoms with E-state index in [-0.39, 0.29) is 0 Å². The molecule has 1 aliphatic rings. The van der Waals surface area contributed by atoms with Gasteiger partial charge in [-0.1, -0.05) is 55.7 Å². The van der Waals surface area contributed by atoms with Gasteiger partial charge in [0, 0.05) is 5.69 Å². The van der Waals surface area contributed by atoms with E-state index in [9.17, 15) is 4.79 Å². The van der Waals surface area contributed by atoms with Gasteiger partial charge in [-0.05, 0) is 47.6 Å². The molecular formula is C19H22N2O. The van der Waals surface area contributed by atoms with E-state index >= 15 is 0 Å². The Labute approximate surface area is 131 Å². The standard InChI is InChI=1S/C19H22N2O/c20-19(22)21-16-11-12-17(14-7-3-1-4-8-14)18(13-16)15-9-5-2-6-10-15/h1,3-4,7-8,11-13,15H,2,5-6,9-10H2,(H3,20,21,22). The molecule has 22 heavy (non-hydrogen) atoms. The summed E-state index contributed by atoms with van der Waals surface area (Å²) in [5.41, 5.74) is 9.86. The minimum atomic E-state index is -0.512. The first-order chi connectivity index (χ1) is 10.7. The number of carbonyl (C=O) groups is 1. The van der Waals surface area contributed by atoms with Gasteiger partial charge in [0.2, 0.25) is 0 Å². The first kappa shape index (κ1) is 14.6. The minimum Gasteiger partial charge on any atom is -0.351 e. The molecule has 0 bridgehead atoms. The molecule has 0 aromatic heterocycles. The SMILES string of the molecule is NC(=O)Nc1ccc(-c2ccccc2)c(C2CCCCC2)c1. The lowest BCUT2D eigenvalue weighted by Gasteiger charge is -2.25. The van der Waals surface area contributed by atoms with Gasteiger partial charge in [-0.2, -0.15) is 0 Å². The summed E-state index contributed by atoms with van der Waals surface area (Å²) in [5, 5.41) is 2.70. The van der Waals surface area contributed by atoms with Crippen LogP contribution >= 0.6 is 0 Å². The quantitative estimate of drug-likeness (QED) is 0.831. The molecule has 3 rings (SSSR count). The van der Waals surface area contributed by atoms with E-state index in [4.69, 9.17) is 5.73 Å². The molecule has 3 nitrogen and oxygen atoms in total. The van der Waals surface area contributed by atoms with E-state index in [0.717, 1.165) is 5.69 Å². The van der Waals surface area contributed by atoms with Crippen molar-refractivity contribution >= 4 is 11.7 Å². The van der Waals surface area contributed by atoms with Crippen molar-refractivity contribution in [3.8, 4) is 11.1 Å². The zero-order valence-electron chi connectivity index (χ0n) is 12.7. The number of primary amides is 1. The minimum absolute atomic E-state index is 0.512. The third kappa shape index (κ3) is 3.30. The van der Waals surface area contributed by atoms with Gasteiger partial charge in [0.1, 0.15) is 0 Å². The molecule has 0 aliphatic heterocycles. The molecule has 3 heteroatoms. The molecule has 2 aromatic carbocycles. The Kier molecular flexibility index (Phi) is 4.42. The summed E-state index contributed by atoms with van der Waals surface area (Å²) in [5.74, 6) is 0.568. The molecule has 0 unspecified atom stereocenters. The lowest BCUT2D eigenvalue weighted by Crippen LogP contribution is -2.19. The smallest absolute Gasteiger partial charge is 0.316 e. The van der Waals surface area contributed by atoms with Gasteiger partial charge in [0.15, 0.2) is 0 Å².